The third-order valence-electron chi connectivity index (χ3n) is 4.17. The molecule has 92 valence electrons. The summed E-state index contributed by atoms with van der Waals surface area (Å²) < 4.78 is 2.20. The van der Waals surface area contributed by atoms with Crippen molar-refractivity contribution in [2.75, 3.05) is 11.9 Å². The lowest BCUT2D eigenvalue weighted by molar-refractivity contribution is 0.348. The first kappa shape index (κ1) is 10.1. The largest absolute Gasteiger partial charge is 0.370 e. The maximum absolute atomic E-state index is 4.78. The number of pyridine rings is 1. The summed E-state index contributed by atoms with van der Waals surface area (Å²) in [6.07, 6.45) is 7.61. The first-order valence-electron chi connectivity index (χ1n) is 6.65. The van der Waals surface area contributed by atoms with Crippen molar-refractivity contribution in [2.45, 2.75) is 25.3 Å². The highest BCUT2D eigenvalue weighted by Crippen LogP contribution is 2.41. The van der Waals surface area contributed by atoms with Crippen LogP contribution in [-0.4, -0.2) is 21.3 Å². The van der Waals surface area contributed by atoms with Gasteiger partial charge in [-0.3, -0.25) is 4.98 Å². The number of nitrogens with one attached hydrogen (secondary N) is 1. The van der Waals surface area contributed by atoms with Crippen LogP contribution < -0.4 is 5.32 Å². The first-order valence-corrected chi connectivity index (χ1v) is 6.65. The number of nitrogens with zero attached hydrogens (tertiary/aromatic N) is 3. The maximum Gasteiger partial charge on any atom is 0.125 e. The molecule has 0 spiro atoms. The van der Waals surface area contributed by atoms with E-state index in [-0.39, 0.29) is 0 Å². The molecule has 0 radical (unpaired) electrons. The molecule has 0 bridgehead atoms. The van der Waals surface area contributed by atoms with E-state index < -0.39 is 0 Å². The van der Waals surface area contributed by atoms with Gasteiger partial charge in [0.1, 0.15) is 5.82 Å². The van der Waals surface area contributed by atoms with Crippen LogP contribution in [0.1, 0.15) is 25.3 Å². The minimum Gasteiger partial charge on any atom is -0.370 e. The molecule has 4 nitrogen and oxygen atoms in total. The van der Waals surface area contributed by atoms with E-state index >= 15 is 0 Å². The third kappa shape index (κ3) is 1.45. The number of rotatable bonds is 1. The van der Waals surface area contributed by atoms with Gasteiger partial charge in [0, 0.05) is 30.6 Å². The van der Waals surface area contributed by atoms with E-state index in [1.807, 2.05) is 12.3 Å². The average Bonchev–Trinajstić information content (AvgIpc) is 3.05. The number of hydrogen-bond acceptors (Lipinski definition) is 3. The lowest BCUT2D eigenvalue weighted by atomic mass is 10.0. The molecule has 2 aliphatic rings. The predicted molar refractivity (Wildman–Crippen MR) is 70.3 cm³/mol. The summed E-state index contributed by atoms with van der Waals surface area (Å²) in [7, 11) is 0. The molecule has 18 heavy (non-hydrogen) atoms. The minimum absolute atomic E-state index is 0.603. The van der Waals surface area contributed by atoms with Crippen LogP contribution >= 0.6 is 0 Å². The third-order valence-corrected chi connectivity index (χ3v) is 4.17. The van der Waals surface area contributed by atoms with E-state index in [1.165, 1.54) is 19.3 Å². The minimum atomic E-state index is 0.603. The van der Waals surface area contributed by atoms with Crippen LogP contribution in [0.15, 0.2) is 30.6 Å². The van der Waals surface area contributed by atoms with E-state index in [1.54, 1.807) is 6.20 Å². The van der Waals surface area contributed by atoms with Crippen LogP contribution in [0, 0.1) is 5.92 Å². The predicted octanol–water partition coefficient (Wildman–Crippen LogP) is 2.71. The van der Waals surface area contributed by atoms with Crippen molar-refractivity contribution in [3.63, 3.8) is 0 Å². The molecule has 1 N–H and O–H groups in total. The van der Waals surface area contributed by atoms with Gasteiger partial charge in [0.25, 0.3) is 0 Å². The van der Waals surface area contributed by atoms with Gasteiger partial charge < -0.3 is 5.32 Å². The fourth-order valence-electron chi connectivity index (χ4n) is 3.25. The van der Waals surface area contributed by atoms with Crippen LogP contribution in [0.2, 0.25) is 0 Å². The van der Waals surface area contributed by atoms with Gasteiger partial charge in [0.15, 0.2) is 0 Å². The standard InChI is InChI=1S/C14H16N4/c1-3-11-9-16-14-7-12(10-4-2-6-15-8-10)17-18(14)13(11)5-1/h2,4,6-8,11,13,16H,1,3,5,9H2. The number of aromatic nitrogens is 3. The molecule has 1 aliphatic heterocycles. The summed E-state index contributed by atoms with van der Waals surface area (Å²) in [5.41, 5.74) is 2.12. The van der Waals surface area contributed by atoms with Crippen LogP contribution in [0.3, 0.4) is 0 Å². The molecule has 2 aromatic rings. The summed E-state index contributed by atoms with van der Waals surface area (Å²) in [5.74, 6) is 1.93. The monoisotopic (exact) mass is 240 g/mol. The van der Waals surface area contributed by atoms with Gasteiger partial charge >= 0.3 is 0 Å². The fourth-order valence-corrected chi connectivity index (χ4v) is 3.25. The molecule has 4 heteroatoms. The molecule has 1 aliphatic carbocycles. The molecule has 3 heterocycles. The second-order valence-electron chi connectivity index (χ2n) is 5.24. The second-order valence-corrected chi connectivity index (χ2v) is 5.24. The van der Waals surface area contributed by atoms with Crippen LogP contribution in [0.25, 0.3) is 11.3 Å². The Labute approximate surface area is 106 Å². The van der Waals surface area contributed by atoms with Crippen LogP contribution in [0.5, 0.6) is 0 Å². The average molecular weight is 240 g/mol. The van der Waals surface area contributed by atoms with E-state index in [9.17, 15) is 0 Å². The lowest BCUT2D eigenvalue weighted by Crippen LogP contribution is -2.29. The van der Waals surface area contributed by atoms with Crippen molar-refractivity contribution in [1.82, 2.24) is 14.8 Å². The van der Waals surface area contributed by atoms with Crippen LogP contribution in [0.4, 0.5) is 5.82 Å². The van der Waals surface area contributed by atoms with Crippen molar-refractivity contribution < 1.29 is 0 Å². The van der Waals surface area contributed by atoms with Crippen LogP contribution in [-0.2, 0) is 0 Å². The fraction of sp³-hybridized carbons (Fsp3) is 0.429. The zero-order chi connectivity index (χ0) is 11.9. The molecule has 2 unspecified atom stereocenters. The smallest absolute Gasteiger partial charge is 0.125 e. The Morgan fingerprint density at radius 1 is 1.33 bits per heavy atom. The molecule has 1 fully saturated rings. The Morgan fingerprint density at radius 3 is 3.22 bits per heavy atom. The van der Waals surface area contributed by atoms with E-state index in [4.69, 9.17) is 5.10 Å². The highest BCUT2D eigenvalue weighted by molar-refractivity contribution is 5.62. The van der Waals surface area contributed by atoms with Gasteiger partial charge in [-0.15, -0.1) is 0 Å². The van der Waals surface area contributed by atoms with Crippen molar-refractivity contribution in [1.29, 1.82) is 0 Å². The molecule has 2 atom stereocenters. The molecule has 0 aromatic carbocycles. The Balaban J connectivity index is 1.77. The van der Waals surface area contributed by atoms with Gasteiger partial charge in [-0.25, -0.2) is 4.68 Å². The van der Waals surface area contributed by atoms with Crippen molar-refractivity contribution in [3.8, 4) is 11.3 Å². The lowest BCUT2D eigenvalue weighted by Gasteiger charge is -2.28. The first-order chi connectivity index (χ1) is 8.92. The number of hydrogen-bond donors (Lipinski definition) is 1. The van der Waals surface area contributed by atoms with Gasteiger partial charge in [-0.05, 0) is 30.9 Å². The summed E-state index contributed by atoms with van der Waals surface area (Å²) in [4.78, 5) is 4.16. The summed E-state index contributed by atoms with van der Waals surface area (Å²) in [6, 6.07) is 6.77. The van der Waals surface area contributed by atoms with Gasteiger partial charge in [-0.1, -0.05) is 6.42 Å². The SMILES string of the molecule is c1cncc(-c2cc3n(n2)C2CCCC2CN3)c1. The normalized spacial score (nSPS) is 25.3. The van der Waals surface area contributed by atoms with E-state index in [2.05, 4.69) is 27.1 Å². The quantitative estimate of drug-likeness (QED) is 0.833. The maximum atomic E-state index is 4.78. The summed E-state index contributed by atoms with van der Waals surface area (Å²) in [5, 5.41) is 8.28. The van der Waals surface area contributed by atoms with Gasteiger partial charge in [0.05, 0.1) is 11.7 Å². The summed E-state index contributed by atoms with van der Waals surface area (Å²) in [6.45, 7) is 1.10. The van der Waals surface area contributed by atoms with Crippen molar-refractivity contribution in [3.05, 3.63) is 30.6 Å². The molecule has 2 aromatic heterocycles. The topological polar surface area (TPSA) is 42.7 Å². The number of anilines is 1. The Bertz CT molecular complexity index is 560. The number of fused-ring (bicyclic) bond motifs is 3. The molecular formula is C14H16N4. The zero-order valence-electron chi connectivity index (χ0n) is 10.2. The molecule has 0 saturated heterocycles. The van der Waals surface area contributed by atoms with E-state index in [0.717, 1.165) is 29.5 Å². The Kier molecular flexibility index (Phi) is 2.15. The highest BCUT2D eigenvalue weighted by atomic mass is 15.4. The zero-order valence-corrected chi connectivity index (χ0v) is 10.2. The Hall–Kier alpha value is -1.84. The molecule has 1 saturated carbocycles. The van der Waals surface area contributed by atoms with Crippen molar-refractivity contribution in [2.24, 2.45) is 5.92 Å². The highest BCUT2D eigenvalue weighted by Gasteiger charge is 2.34. The second kappa shape index (κ2) is 3.83. The van der Waals surface area contributed by atoms with Crippen molar-refractivity contribution >= 4 is 5.82 Å². The van der Waals surface area contributed by atoms with E-state index in [0.29, 0.717) is 6.04 Å². The van der Waals surface area contributed by atoms with Gasteiger partial charge in [0.2, 0.25) is 0 Å². The summed E-state index contributed by atoms with van der Waals surface area (Å²) >= 11 is 0. The van der Waals surface area contributed by atoms with Gasteiger partial charge in [-0.2, -0.15) is 5.10 Å². The molecule has 0 amide bonds. The molecular weight excluding hydrogens is 224 g/mol. The Morgan fingerprint density at radius 2 is 2.33 bits per heavy atom. The molecule has 4 rings (SSSR count).